The van der Waals surface area contributed by atoms with E-state index in [1.165, 1.54) is 0 Å². The number of rotatable bonds is 5. The third kappa shape index (κ3) is 5.51. The maximum atomic E-state index is 12.1. The fraction of sp³-hybridized carbons (Fsp3) is 0.125. The third-order valence-electron chi connectivity index (χ3n) is 2.92. The molecule has 1 amide bonds. The number of nitrogens with zero attached hydrogens (tertiary/aromatic N) is 1. The Morgan fingerprint density at radius 1 is 1.17 bits per heavy atom. The number of hydrogen-bond acceptors (Lipinski definition) is 4. The topological polar surface area (TPSA) is 87.0 Å². The van der Waals surface area contributed by atoms with Gasteiger partial charge in [0.25, 0.3) is 0 Å². The standard InChI is InChI=1S/C16H13BrN2O3S/c17-14-3-1-2-13(8-14)10-23(21,22)11-16(20)19-15-6-4-12(9-18)5-7-15/h1-8H,10-11H2,(H,19,20). The molecule has 0 fully saturated rings. The molecule has 0 atom stereocenters. The molecule has 0 saturated heterocycles. The first kappa shape index (κ1) is 17.2. The molecule has 23 heavy (non-hydrogen) atoms. The normalized spacial score (nSPS) is 10.8. The van der Waals surface area contributed by atoms with Gasteiger partial charge in [-0.25, -0.2) is 8.42 Å². The van der Waals surface area contributed by atoms with E-state index >= 15 is 0 Å². The minimum Gasteiger partial charge on any atom is -0.325 e. The Hall–Kier alpha value is -2.17. The van der Waals surface area contributed by atoms with Gasteiger partial charge in [0.05, 0.1) is 17.4 Å². The number of carbonyl (C=O) groups is 1. The van der Waals surface area contributed by atoms with Gasteiger partial charge >= 0.3 is 0 Å². The van der Waals surface area contributed by atoms with Crippen LogP contribution in [-0.2, 0) is 20.4 Å². The molecule has 0 heterocycles. The van der Waals surface area contributed by atoms with Crippen molar-refractivity contribution in [2.24, 2.45) is 0 Å². The molecule has 0 spiro atoms. The van der Waals surface area contributed by atoms with Crippen molar-refractivity contribution in [3.05, 3.63) is 64.1 Å². The van der Waals surface area contributed by atoms with E-state index in [4.69, 9.17) is 5.26 Å². The average Bonchev–Trinajstić information content (AvgIpc) is 2.46. The highest BCUT2D eigenvalue weighted by Crippen LogP contribution is 2.15. The summed E-state index contributed by atoms with van der Waals surface area (Å²) in [5.41, 5.74) is 1.53. The number of carbonyl (C=O) groups excluding carboxylic acids is 1. The van der Waals surface area contributed by atoms with Crippen molar-refractivity contribution in [3.8, 4) is 6.07 Å². The highest BCUT2D eigenvalue weighted by atomic mass is 79.9. The van der Waals surface area contributed by atoms with Crippen molar-refractivity contribution in [3.63, 3.8) is 0 Å². The summed E-state index contributed by atoms with van der Waals surface area (Å²) in [7, 11) is -3.57. The first-order valence-corrected chi connectivity index (χ1v) is 9.24. The number of nitriles is 1. The van der Waals surface area contributed by atoms with Crippen LogP contribution in [0.4, 0.5) is 5.69 Å². The van der Waals surface area contributed by atoms with Crippen molar-refractivity contribution in [2.45, 2.75) is 5.75 Å². The molecule has 2 aromatic carbocycles. The molecule has 0 bridgehead atoms. The average molecular weight is 393 g/mol. The van der Waals surface area contributed by atoms with Crippen LogP contribution in [0.15, 0.2) is 53.0 Å². The molecule has 2 rings (SSSR count). The second-order valence-electron chi connectivity index (χ2n) is 4.90. The number of hydrogen-bond donors (Lipinski definition) is 1. The Bertz CT molecular complexity index is 856. The van der Waals surface area contributed by atoms with E-state index in [1.54, 1.807) is 48.5 Å². The minimum absolute atomic E-state index is 0.201. The smallest absolute Gasteiger partial charge is 0.239 e. The van der Waals surface area contributed by atoms with Crippen LogP contribution in [0.2, 0.25) is 0 Å². The van der Waals surface area contributed by atoms with E-state index in [2.05, 4.69) is 21.2 Å². The zero-order valence-electron chi connectivity index (χ0n) is 12.0. The maximum absolute atomic E-state index is 12.1. The maximum Gasteiger partial charge on any atom is 0.239 e. The molecule has 0 aliphatic rings. The second kappa shape index (κ2) is 7.40. The third-order valence-corrected chi connectivity index (χ3v) is 4.89. The zero-order valence-corrected chi connectivity index (χ0v) is 14.4. The van der Waals surface area contributed by atoms with E-state index < -0.39 is 21.5 Å². The summed E-state index contributed by atoms with van der Waals surface area (Å²) >= 11 is 3.28. The molecule has 0 unspecified atom stereocenters. The fourth-order valence-electron chi connectivity index (χ4n) is 1.96. The highest BCUT2D eigenvalue weighted by Gasteiger charge is 2.17. The van der Waals surface area contributed by atoms with Gasteiger partial charge in [-0.05, 0) is 42.0 Å². The number of benzene rings is 2. The molecular weight excluding hydrogens is 380 g/mol. The quantitative estimate of drug-likeness (QED) is 0.846. The summed E-state index contributed by atoms with van der Waals surface area (Å²) in [6, 6.07) is 15.1. The van der Waals surface area contributed by atoms with Gasteiger partial charge in [0, 0.05) is 10.2 Å². The molecule has 2 aromatic rings. The van der Waals surface area contributed by atoms with Gasteiger partial charge in [0.15, 0.2) is 9.84 Å². The van der Waals surface area contributed by atoms with Crippen LogP contribution in [0.25, 0.3) is 0 Å². The Kier molecular flexibility index (Phi) is 5.53. The van der Waals surface area contributed by atoms with Gasteiger partial charge in [-0.2, -0.15) is 5.26 Å². The molecule has 0 aromatic heterocycles. The fourth-order valence-corrected chi connectivity index (χ4v) is 3.66. The summed E-state index contributed by atoms with van der Waals surface area (Å²) in [5.74, 6) is -1.41. The molecule has 5 nitrogen and oxygen atoms in total. The SMILES string of the molecule is N#Cc1ccc(NC(=O)CS(=O)(=O)Cc2cccc(Br)c2)cc1. The molecule has 118 valence electrons. The Balaban J connectivity index is 1.99. The number of anilines is 1. The number of halogens is 1. The summed E-state index contributed by atoms with van der Waals surface area (Å²) in [4.78, 5) is 11.9. The van der Waals surface area contributed by atoms with E-state index in [0.29, 0.717) is 16.8 Å². The van der Waals surface area contributed by atoms with Gasteiger partial charge < -0.3 is 5.32 Å². The van der Waals surface area contributed by atoms with Crippen LogP contribution in [0, 0.1) is 11.3 Å². The number of nitrogens with one attached hydrogen (secondary N) is 1. The van der Waals surface area contributed by atoms with Crippen molar-refractivity contribution < 1.29 is 13.2 Å². The van der Waals surface area contributed by atoms with Gasteiger partial charge in [0.1, 0.15) is 5.75 Å². The van der Waals surface area contributed by atoms with E-state index in [-0.39, 0.29) is 5.75 Å². The lowest BCUT2D eigenvalue weighted by Gasteiger charge is -2.07. The predicted octanol–water partition coefficient (Wildman–Crippen LogP) is 2.87. The van der Waals surface area contributed by atoms with Gasteiger partial charge in [-0.3, -0.25) is 4.79 Å². The van der Waals surface area contributed by atoms with Crippen LogP contribution in [-0.4, -0.2) is 20.1 Å². The van der Waals surface area contributed by atoms with Crippen LogP contribution < -0.4 is 5.32 Å². The summed E-state index contributed by atoms with van der Waals surface area (Å²) in [5, 5.41) is 11.2. The van der Waals surface area contributed by atoms with Crippen LogP contribution in [0.1, 0.15) is 11.1 Å². The molecule has 1 N–H and O–H groups in total. The van der Waals surface area contributed by atoms with E-state index in [1.807, 2.05) is 6.07 Å². The molecular formula is C16H13BrN2O3S. The largest absolute Gasteiger partial charge is 0.325 e. The highest BCUT2D eigenvalue weighted by molar-refractivity contribution is 9.10. The van der Waals surface area contributed by atoms with Crippen molar-refractivity contribution in [2.75, 3.05) is 11.1 Å². The predicted molar refractivity (Wildman–Crippen MR) is 91.4 cm³/mol. The summed E-state index contributed by atoms with van der Waals surface area (Å²) < 4.78 is 25.0. The molecule has 7 heteroatoms. The Morgan fingerprint density at radius 2 is 1.87 bits per heavy atom. The molecule has 0 saturated carbocycles. The van der Waals surface area contributed by atoms with Crippen molar-refractivity contribution >= 4 is 37.4 Å². The number of sulfone groups is 1. The van der Waals surface area contributed by atoms with Gasteiger partial charge in [0.2, 0.25) is 5.91 Å². The van der Waals surface area contributed by atoms with E-state index in [9.17, 15) is 13.2 Å². The summed E-state index contributed by atoms with van der Waals surface area (Å²) in [6.07, 6.45) is 0. The van der Waals surface area contributed by atoms with Crippen molar-refractivity contribution in [1.82, 2.24) is 0 Å². The minimum atomic E-state index is -3.57. The number of amides is 1. The Labute approximate surface area is 143 Å². The van der Waals surface area contributed by atoms with Crippen LogP contribution in [0.3, 0.4) is 0 Å². The Morgan fingerprint density at radius 3 is 2.48 bits per heavy atom. The summed E-state index contributed by atoms with van der Waals surface area (Å²) in [6.45, 7) is 0. The van der Waals surface area contributed by atoms with Gasteiger partial charge in [-0.15, -0.1) is 0 Å². The zero-order chi connectivity index (χ0) is 16.9. The van der Waals surface area contributed by atoms with Crippen molar-refractivity contribution in [1.29, 1.82) is 5.26 Å². The van der Waals surface area contributed by atoms with Crippen LogP contribution in [0.5, 0.6) is 0 Å². The first-order chi connectivity index (χ1) is 10.9. The van der Waals surface area contributed by atoms with Crippen LogP contribution >= 0.6 is 15.9 Å². The van der Waals surface area contributed by atoms with E-state index in [0.717, 1.165) is 4.47 Å². The lowest BCUT2D eigenvalue weighted by Crippen LogP contribution is -2.23. The lowest BCUT2D eigenvalue weighted by molar-refractivity contribution is -0.113. The first-order valence-electron chi connectivity index (χ1n) is 6.63. The van der Waals surface area contributed by atoms with Gasteiger partial charge in [-0.1, -0.05) is 28.1 Å². The lowest BCUT2D eigenvalue weighted by atomic mass is 10.2. The molecule has 0 aliphatic heterocycles. The molecule has 0 radical (unpaired) electrons. The second-order valence-corrected chi connectivity index (χ2v) is 7.88. The molecule has 0 aliphatic carbocycles. The monoisotopic (exact) mass is 392 g/mol.